The van der Waals surface area contributed by atoms with Crippen molar-refractivity contribution in [1.29, 1.82) is 0 Å². The minimum atomic E-state index is -0.692. The third kappa shape index (κ3) is 2.32. The van der Waals surface area contributed by atoms with Crippen molar-refractivity contribution in [3.63, 3.8) is 0 Å². The van der Waals surface area contributed by atoms with Crippen LogP contribution in [-0.2, 0) is 10.3 Å². The van der Waals surface area contributed by atoms with E-state index in [2.05, 4.69) is 12.1 Å². The highest BCUT2D eigenvalue weighted by Crippen LogP contribution is 2.51. The van der Waals surface area contributed by atoms with Crippen LogP contribution in [0.5, 0.6) is 5.88 Å². The monoisotopic (exact) mass is 332 g/mol. The minimum absolute atomic E-state index is 0.143. The molecule has 1 aromatic heterocycles. The highest BCUT2D eigenvalue weighted by Gasteiger charge is 2.57. The summed E-state index contributed by atoms with van der Waals surface area (Å²) in [4.78, 5) is 27.5. The Hall–Kier alpha value is -1.95. The van der Waals surface area contributed by atoms with Crippen LogP contribution >= 0.6 is 0 Å². The molecule has 2 unspecified atom stereocenters. The number of nitrogens with zero attached hydrogens (tertiary/aromatic N) is 2. The van der Waals surface area contributed by atoms with Gasteiger partial charge >= 0.3 is 0 Å². The molecule has 0 aromatic carbocycles. The maximum atomic E-state index is 13.0. The molecule has 130 valence electrons. The van der Waals surface area contributed by atoms with Crippen LogP contribution in [0.25, 0.3) is 0 Å². The molecule has 0 saturated carbocycles. The van der Waals surface area contributed by atoms with Gasteiger partial charge in [0.05, 0.1) is 18.1 Å². The Kier molecular flexibility index (Phi) is 4.34. The van der Waals surface area contributed by atoms with Crippen molar-refractivity contribution in [3.05, 3.63) is 23.5 Å². The first-order chi connectivity index (χ1) is 11.4. The van der Waals surface area contributed by atoms with Crippen LogP contribution in [0.1, 0.15) is 49.2 Å². The number of hydrogen-bond acceptors (Lipinski definition) is 6. The molecule has 0 N–H and O–H groups in total. The first-order valence-electron chi connectivity index (χ1n) is 8.47. The Morgan fingerprint density at radius 3 is 2.83 bits per heavy atom. The van der Waals surface area contributed by atoms with E-state index in [1.165, 1.54) is 6.08 Å². The molecule has 2 aliphatic carbocycles. The standard InChI is InChI=1S/C18H24N2O4/c1-5-6-10-23-17-14-15(22)13-11(8-7-9-12(13)21)18(2,20(3)4)16(14)24-19-17/h7,9,11,13H,5-6,8,10H2,1-4H3/t11-,13?,18?/m1/s1. The second-order valence-electron chi connectivity index (χ2n) is 6.92. The van der Waals surface area contributed by atoms with E-state index in [-0.39, 0.29) is 23.4 Å². The number of allylic oxidation sites excluding steroid dienone is 2. The second kappa shape index (κ2) is 6.16. The van der Waals surface area contributed by atoms with Gasteiger partial charge in [-0.15, -0.1) is 0 Å². The minimum Gasteiger partial charge on any atom is -0.475 e. The highest BCUT2D eigenvalue weighted by molar-refractivity contribution is 6.17. The van der Waals surface area contributed by atoms with Crippen molar-refractivity contribution in [2.75, 3.05) is 20.7 Å². The zero-order chi connectivity index (χ0) is 17.5. The molecule has 0 bridgehead atoms. The summed E-state index contributed by atoms with van der Waals surface area (Å²) >= 11 is 0. The lowest BCUT2D eigenvalue weighted by Gasteiger charge is -2.47. The molecule has 24 heavy (non-hydrogen) atoms. The van der Waals surface area contributed by atoms with Crippen LogP contribution in [0.15, 0.2) is 16.7 Å². The maximum absolute atomic E-state index is 13.0. The van der Waals surface area contributed by atoms with Gasteiger partial charge in [0.15, 0.2) is 17.3 Å². The molecular weight excluding hydrogens is 308 g/mol. The number of aromatic nitrogens is 1. The fourth-order valence-electron chi connectivity index (χ4n) is 3.74. The van der Waals surface area contributed by atoms with Crippen molar-refractivity contribution in [2.45, 2.75) is 38.6 Å². The predicted molar refractivity (Wildman–Crippen MR) is 88.0 cm³/mol. The van der Waals surface area contributed by atoms with Gasteiger partial charge in [-0.25, -0.2) is 0 Å². The molecular formula is C18H24N2O4. The van der Waals surface area contributed by atoms with Gasteiger partial charge in [0.1, 0.15) is 5.56 Å². The van der Waals surface area contributed by atoms with E-state index in [1.54, 1.807) is 0 Å². The molecule has 6 nitrogen and oxygen atoms in total. The molecule has 1 aromatic rings. The lowest BCUT2D eigenvalue weighted by atomic mass is 9.62. The van der Waals surface area contributed by atoms with Gasteiger partial charge < -0.3 is 9.26 Å². The summed E-state index contributed by atoms with van der Waals surface area (Å²) < 4.78 is 11.2. The number of carbonyl (C=O) groups excluding carboxylic acids is 2. The Morgan fingerprint density at radius 2 is 2.17 bits per heavy atom. The summed E-state index contributed by atoms with van der Waals surface area (Å²) in [6.45, 7) is 4.54. The summed E-state index contributed by atoms with van der Waals surface area (Å²) in [5.41, 5.74) is -0.250. The van der Waals surface area contributed by atoms with Crippen LogP contribution in [0.2, 0.25) is 0 Å². The van der Waals surface area contributed by atoms with Crippen molar-refractivity contribution in [1.82, 2.24) is 10.1 Å². The first-order valence-corrected chi connectivity index (χ1v) is 8.47. The fourth-order valence-corrected chi connectivity index (χ4v) is 3.74. The highest BCUT2D eigenvalue weighted by atomic mass is 16.5. The molecule has 3 rings (SSSR count). The molecule has 0 amide bonds. The third-order valence-electron chi connectivity index (χ3n) is 5.42. The summed E-state index contributed by atoms with van der Waals surface area (Å²) in [5.74, 6) is -0.498. The Labute approximate surface area is 141 Å². The van der Waals surface area contributed by atoms with Gasteiger partial charge in [-0.2, -0.15) is 0 Å². The summed E-state index contributed by atoms with van der Waals surface area (Å²) in [6.07, 6.45) is 5.87. The fraction of sp³-hybridized carbons (Fsp3) is 0.611. The third-order valence-corrected chi connectivity index (χ3v) is 5.42. The number of hydrogen-bond donors (Lipinski definition) is 0. The number of rotatable bonds is 5. The topological polar surface area (TPSA) is 72.6 Å². The largest absolute Gasteiger partial charge is 0.475 e. The van der Waals surface area contributed by atoms with Crippen LogP contribution in [-0.4, -0.2) is 42.3 Å². The Bertz CT molecular complexity index is 691. The van der Waals surface area contributed by atoms with Crippen LogP contribution in [0.4, 0.5) is 0 Å². The Balaban J connectivity index is 2.10. The molecule has 0 aliphatic heterocycles. The van der Waals surface area contributed by atoms with Gasteiger partial charge in [-0.1, -0.05) is 19.4 Å². The summed E-state index contributed by atoms with van der Waals surface area (Å²) in [6, 6.07) is 0. The van der Waals surface area contributed by atoms with Gasteiger partial charge in [0.2, 0.25) is 0 Å². The average Bonchev–Trinajstić information content (AvgIpc) is 2.97. The van der Waals surface area contributed by atoms with Gasteiger partial charge in [-0.3, -0.25) is 14.5 Å². The van der Waals surface area contributed by atoms with E-state index >= 15 is 0 Å². The van der Waals surface area contributed by atoms with Crippen molar-refractivity contribution >= 4 is 11.6 Å². The summed E-state index contributed by atoms with van der Waals surface area (Å²) in [5, 5.41) is 4.00. The van der Waals surface area contributed by atoms with E-state index in [9.17, 15) is 9.59 Å². The molecule has 6 heteroatoms. The number of unbranched alkanes of at least 4 members (excludes halogenated alkanes) is 1. The number of carbonyl (C=O) groups is 2. The van der Waals surface area contributed by atoms with E-state index < -0.39 is 11.5 Å². The maximum Gasteiger partial charge on any atom is 0.265 e. The van der Waals surface area contributed by atoms with Gasteiger partial charge in [0, 0.05) is 5.92 Å². The number of Topliss-reactive ketones (excluding diaryl/α,β-unsaturated/α-hetero) is 1. The molecule has 0 fully saturated rings. The van der Waals surface area contributed by atoms with Crippen molar-refractivity contribution in [2.24, 2.45) is 11.8 Å². The van der Waals surface area contributed by atoms with Crippen LogP contribution in [0, 0.1) is 11.8 Å². The molecule has 1 heterocycles. The normalized spacial score (nSPS) is 28.9. The van der Waals surface area contributed by atoms with Crippen LogP contribution in [0.3, 0.4) is 0 Å². The molecule has 0 saturated heterocycles. The zero-order valence-electron chi connectivity index (χ0n) is 14.7. The van der Waals surface area contributed by atoms with Crippen molar-refractivity contribution in [3.8, 4) is 5.88 Å². The second-order valence-corrected chi connectivity index (χ2v) is 6.92. The molecule has 0 radical (unpaired) electrons. The quantitative estimate of drug-likeness (QED) is 0.609. The van der Waals surface area contributed by atoms with Crippen molar-refractivity contribution < 1.29 is 18.8 Å². The average molecular weight is 332 g/mol. The number of ketones is 2. The zero-order valence-corrected chi connectivity index (χ0v) is 14.7. The van der Waals surface area contributed by atoms with E-state index in [0.29, 0.717) is 24.4 Å². The van der Waals surface area contributed by atoms with E-state index in [1.807, 2.05) is 32.0 Å². The number of fused-ring (bicyclic) bond motifs is 2. The van der Waals surface area contributed by atoms with E-state index in [0.717, 1.165) is 12.8 Å². The lowest BCUT2D eigenvalue weighted by molar-refractivity contribution is -0.121. The smallest absolute Gasteiger partial charge is 0.265 e. The van der Waals surface area contributed by atoms with Crippen LogP contribution < -0.4 is 4.74 Å². The van der Waals surface area contributed by atoms with Gasteiger partial charge in [-0.05, 0) is 45.1 Å². The summed E-state index contributed by atoms with van der Waals surface area (Å²) in [7, 11) is 3.86. The Morgan fingerprint density at radius 1 is 1.42 bits per heavy atom. The van der Waals surface area contributed by atoms with Gasteiger partial charge in [0.25, 0.3) is 5.88 Å². The molecule has 2 aliphatic rings. The lowest BCUT2D eigenvalue weighted by Crippen LogP contribution is -2.55. The van der Waals surface area contributed by atoms with E-state index in [4.69, 9.17) is 9.26 Å². The molecule has 3 atom stereocenters. The first kappa shape index (κ1) is 16.9. The molecule has 0 spiro atoms. The SMILES string of the molecule is CCCCOc1noc2c1C(=O)C1C(=O)C=CC[C@H]1C2(C)N(C)C. The predicted octanol–water partition coefficient (Wildman–Crippen LogP) is 2.59. The number of ether oxygens (including phenoxy) is 1.